The van der Waals surface area contributed by atoms with Crippen molar-refractivity contribution in [2.75, 3.05) is 11.1 Å². The highest BCUT2D eigenvalue weighted by molar-refractivity contribution is 8.00. The Hall–Kier alpha value is -2.02. The lowest BCUT2D eigenvalue weighted by atomic mass is 10.3. The van der Waals surface area contributed by atoms with Crippen molar-refractivity contribution in [1.29, 1.82) is 0 Å². The molecule has 0 spiro atoms. The van der Waals surface area contributed by atoms with E-state index in [0.29, 0.717) is 5.25 Å². The molecule has 21 heavy (non-hydrogen) atoms. The molecule has 3 rings (SSSR count). The lowest BCUT2D eigenvalue weighted by Crippen LogP contribution is -2.14. The zero-order valence-electron chi connectivity index (χ0n) is 11.5. The van der Waals surface area contributed by atoms with Crippen LogP contribution in [0, 0.1) is 0 Å². The van der Waals surface area contributed by atoms with Gasteiger partial charge in [-0.3, -0.25) is 9.89 Å². The SMILES string of the molecule is Nc1n[nH]c(C(=O)Nc2ccccc2SC2CCCC2)n1. The van der Waals surface area contributed by atoms with Gasteiger partial charge in [-0.15, -0.1) is 16.9 Å². The fraction of sp³-hybridized carbons (Fsp3) is 0.357. The van der Waals surface area contributed by atoms with E-state index in [1.807, 2.05) is 36.0 Å². The fourth-order valence-corrected chi connectivity index (χ4v) is 3.75. The molecule has 0 radical (unpaired) electrons. The number of H-pyrrole nitrogens is 1. The average Bonchev–Trinajstić information content (AvgIpc) is 3.12. The number of thioether (sulfide) groups is 1. The first kappa shape index (κ1) is 13.9. The normalized spacial score (nSPS) is 15.2. The molecule has 1 fully saturated rings. The van der Waals surface area contributed by atoms with Crippen LogP contribution in [0.2, 0.25) is 0 Å². The Morgan fingerprint density at radius 1 is 1.33 bits per heavy atom. The monoisotopic (exact) mass is 303 g/mol. The van der Waals surface area contributed by atoms with Crippen LogP contribution in [-0.4, -0.2) is 26.3 Å². The van der Waals surface area contributed by atoms with Gasteiger partial charge in [-0.25, -0.2) is 0 Å². The number of carbonyl (C=O) groups excluding carboxylic acids is 1. The molecule has 110 valence electrons. The Kier molecular flexibility index (Phi) is 4.10. The van der Waals surface area contributed by atoms with Crippen molar-refractivity contribution in [2.24, 2.45) is 0 Å². The zero-order valence-corrected chi connectivity index (χ0v) is 12.3. The highest BCUT2D eigenvalue weighted by Crippen LogP contribution is 2.38. The summed E-state index contributed by atoms with van der Waals surface area (Å²) in [4.78, 5) is 17.0. The molecule has 1 amide bonds. The number of nitrogen functional groups attached to an aromatic ring is 1. The minimum absolute atomic E-state index is 0.0637. The number of hydrogen-bond donors (Lipinski definition) is 3. The molecule has 1 aromatic heterocycles. The molecule has 1 saturated carbocycles. The van der Waals surface area contributed by atoms with Crippen LogP contribution in [-0.2, 0) is 0 Å². The lowest BCUT2D eigenvalue weighted by molar-refractivity contribution is 0.101. The van der Waals surface area contributed by atoms with Gasteiger partial charge in [-0.05, 0) is 25.0 Å². The topological polar surface area (TPSA) is 96.7 Å². The van der Waals surface area contributed by atoms with Crippen LogP contribution in [0.4, 0.5) is 11.6 Å². The number of anilines is 2. The predicted molar refractivity (Wildman–Crippen MR) is 83.3 cm³/mol. The molecule has 1 aromatic carbocycles. The van der Waals surface area contributed by atoms with Crippen molar-refractivity contribution in [3.8, 4) is 0 Å². The van der Waals surface area contributed by atoms with Crippen LogP contribution in [0.3, 0.4) is 0 Å². The standard InChI is InChI=1S/C14H17N5OS/c15-14-17-12(18-19-14)13(20)16-10-7-3-4-8-11(10)21-9-5-1-2-6-9/h3-4,7-9H,1-2,5-6H2,(H,16,20)(H3,15,17,18,19). The molecule has 0 saturated heterocycles. The van der Waals surface area contributed by atoms with E-state index in [0.717, 1.165) is 10.6 Å². The highest BCUT2D eigenvalue weighted by atomic mass is 32.2. The first-order valence-corrected chi connectivity index (χ1v) is 7.85. The van der Waals surface area contributed by atoms with Crippen molar-refractivity contribution in [1.82, 2.24) is 15.2 Å². The lowest BCUT2D eigenvalue weighted by Gasteiger charge is -2.13. The molecule has 4 N–H and O–H groups in total. The summed E-state index contributed by atoms with van der Waals surface area (Å²) in [6.45, 7) is 0. The first-order valence-electron chi connectivity index (χ1n) is 6.97. The second-order valence-electron chi connectivity index (χ2n) is 5.02. The zero-order chi connectivity index (χ0) is 14.7. The molecule has 0 atom stereocenters. The number of amides is 1. The van der Waals surface area contributed by atoms with Crippen molar-refractivity contribution >= 4 is 29.3 Å². The van der Waals surface area contributed by atoms with E-state index in [9.17, 15) is 4.79 Å². The molecular weight excluding hydrogens is 286 g/mol. The fourth-order valence-electron chi connectivity index (χ4n) is 2.42. The third-order valence-electron chi connectivity index (χ3n) is 3.45. The van der Waals surface area contributed by atoms with Gasteiger partial charge in [0.2, 0.25) is 11.8 Å². The summed E-state index contributed by atoms with van der Waals surface area (Å²) >= 11 is 1.83. The Labute approximate surface area is 126 Å². The van der Waals surface area contributed by atoms with Crippen LogP contribution in [0.5, 0.6) is 0 Å². The van der Waals surface area contributed by atoms with E-state index in [4.69, 9.17) is 5.73 Å². The number of aromatic amines is 1. The Morgan fingerprint density at radius 2 is 2.10 bits per heavy atom. The van der Waals surface area contributed by atoms with E-state index < -0.39 is 0 Å². The number of rotatable bonds is 4. The minimum atomic E-state index is -0.335. The Balaban J connectivity index is 1.73. The van der Waals surface area contributed by atoms with Crippen LogP contribution in [0.1, 0.15) is 36.3 Å². The van der Waals surface area contributed by atoms with Crippen molar-refractivity contribution in [2.45, 2.75) is 35.8 Å². The van der Waals surface area contributed by atoms with Gasteiger partial charge in [0, 0.05) is 10.1 Å². The molecule has 0 unspecified atom stereocenters. The van der Waals surface area contributed by atoms with Gasteiger partial charge >= 0.3 is 0 Å². The van der Waals surface area contributed by atoms with Gasteiger partial charge in [0.25, 0.3) is 5.91 Å². The number of nitrogens with one attached hydrogen (secondary N) is 2. The minimum Gasteiger partial charge on any atom is -0.366 e. The van der Waals surface area contributed by atoms with Gasteiger partial charge in [-0.2, -0.15) is 4.98 Å². The molecule has 1 heterocycles. The largest absolute Gasteiger partial charge is 0.366 e. The smallest absolute Gasteiger partial charge is 0.293 e. The third-order valence-corrected chi connectivity index (χ3v) is 4.86. The molecule has 6 nitrogen and oxygen atoms in total. The molecule has 0 aliphatic heterocycles. The quantitative estimate of drug-likeness (QED) is 0.807. The van der Waals surface area contributed by atoms with Crippen molar-refractivity contribution in [3.63, 3.8) is 0 Å². The summed E-state index contributed by atoms with van der Waals surface area (Å²) in [7, 11) is 0. The molecule has 0 bridgehead atoms. The van der Waals surface area contributed by atoms with E-state index in [2.05, 4.69) is 20.5 Å². The molecule has 1 aliphatic rings. The maximum absolute atomic E-state index is 12.1. The van der Waals surface area contributed by atoms with Crippen LogP contribution < -0.4 is 11.1 Å². The predicted octanol–water partition coefficient (Wildman–Crippen LogP) is 2.67. The van der Waals surface area contributed by atoms with E-state index in [1.54, 1.807) is 0 Å². The van der Waals surface area contributed by atoms with Crippen LogP contribution in [0.15, 0.2) is 29.2 Å². The number of nitrogens with two attached hydrogens (primary N) is 1. The van der Waals surface area contributed by atoms with Gasteiger partial charge in [0.05, 0.1) is 5.69 Å². The summed E-state index contributed by atoms with van der Waals surface area (Å²) in [6.07, 6.45) is 5.07. The Bertz CT molecular complexity index is 636. The number of aromatic nitrogens is 3. The van der Waals surface area contributed by atoms with E-state index in [-0.39, 0.29) is 17.7 Å². The highest BCUT2D eigenvalue weighted by Gasteiger charge is 2.19. The number of para-hydroxylation sites is 1. The first-order chi connectivity index (χ1) is 10.2. The molecular formula is C14H17N5OS. The summed E-state index contributed by atoms with van der Waals surface area (Å²) in [5, 5.41) is 9.68. The second kappa shape index (κ2) is 6.17. The summed E-state index contributed by atoms with van der Waals surface area (Å²) in [5.41, 5.74) is 6.21. The third kappa shape index (κ3) is 3.36. The molecule has 2 aromatic rings. The summed E-state index contributed by atoms with van der Waals surface area (Å²) < 4.78 is 0. The van der Waals surface area contributed by atoms with Gasteiger partial charge in [0.15, 0.2) is 0 Å². The van der Waals surface area contributed by atoms with E-state index in [1.165, 1.54) is 25.7 Å². The molecule has 7 heteroatoms. The van der Waals surface area contributed by atoms with Gasteiger partial charge in [0.1, 0.15) is 0 Å². The van der Waals surface area contributed by atoms with E-state index >= 15 is 0 Å². The summed E-state index contributed by atoms with van der Waals surface area (Å²) in [5.74, 6) is -0.152. The average molecular weight is 303 g/mol. The second-order valence-corrected chi connectivity index (χ2v) is 6.36. The van der Waals surface area contributed by atoms with Crippen molar-refractivity contribution < 1.29 is 4.79 Å². The number of nitrogens with zero attached hydrogens (tertiary/aromatic N) is 2. The van der Waals surface area contributed by atoms with Crippen LogP contribution >= 0.6 is 11.8 Å². The molecule has 1 aliphatic carbocycles. The number of carbonyl (C=O) groups is 1. The Morgan fingerprint density at radius 3 is 2.81 bits per heavy atom. The summed E-state index contributed by atoms with van der Waals surface area (Å²) in [6, 6.07) is 7.82. The van der Waals surface area contributed by atoms with Crippen molar-refractivity contribution in [3.05, 3.63) is 30.1 Å². The number of hydrogen-bond acceptors (Lipinski definition) is 5. The van der Waals surface area contributed by atoms with Crippen LogP contribution in [0.25, 0.3) is 0 Å². The maximum Gasteiger partial charge on any atom is 0.293 e. The maximum atomic E-state index is 12.1. The number of benzene rings is 1. The van der Waals surface area contributed by atoms with Gasteiger partial charge in [-0.1, -0.05) is 25.0 Å². The van der Waals surface area contributed by atoms with Gasteiger partial charge < -0.3 is 11.1 Å².